The monoisotopic (exact) mass is 275 g/mol. The number of nitrogens with zero attached hydrogens (tertiary/aromatic N) is 2. The van der Waals surface area contributed by atoms with E-state index >= 15 is 0 Å². The van der Waals surface area contributed by atoms with Gasteiger partial charge in [0.05, 0.1) is 0 Å². The van der Waals surface area contributed by atoms with Gasteiger partial charge >= 0.3 is 0 Å². The van der Waals surface area contributed by atoms with E-state index in [9.17, 15) is 0 Å². The van der Waals surface area contributed by atoms with Crippen molar-refractivity contribution < 1.29 is 0 Å². The van der Waals surface area contributed by atoms with Crippen LogP contribution in [-0.4, -0.2) is 28.4 Å². The van der Waals surface area contributed by atoms with Crippen LogP contribution in [0.1, 0.15) is 11.4 Å². The number of aryl methyl sites for hydroxylation is 2. The highest BCUT2D eigenvalue weighted by molar-refractivity contribution is 7.99. The summed E-state index contributed by atoms with van der Waals surface area (Å²) in [6, 6.07) is 9.09. The van der Waals surface area contributed by atoms with E-state index in [-0.39, 0.29) is 0 Å². The molecule has 4 heteroatoms. The summed E-state index contributed by atoms with van der Waals surface area (Å²) in [6.07, 6.45) is 4.81. The van der Waals surface area contributed by atoms with Gasteiger partial charge in [0, 0.05) is 42.6 Å². The largest absolute Gasteiger partial charge is 0.338 e. The van der Waals surface area contributed by atoms with Crippen molar-refractivity contribution in [2.45, 2.75) is 24.3 Å². The van der Waals surface area contributed by atoms with Crippen molar-refractivity contribution in [1.82, 2.24) is 14.9 Å². The molecule has 0 aliphatic carbocycles. The van der Waals surface area contributed by atoms with Crippen LogP contribution in [0.3, 0.4) is 0 Å². The van der Waals surface area contributed by atoms with E-state index in [1.165, 1.54) is 10.5 Å². The van der Waals surface area contributed by atoms with E-state index in [1.54, 1.807) is 0 Å². The molecule has 1 aromatic heterocycles. The summed E-state index contributed by atoms with van der Waals surface area (Å²) in [5.41, 5.74) is 1.31. The first-order valence-electron chi connectivity index (χ1n) is 6.52. The normalized spacial score (nSPS) is 12.6. The smallest absolute Gasteiger partial charge is 0.109 e. The van der Waals surface area contributed by atoms with Gasteiger partial charge in [0.15, 0.2) is 0 Å². The van der Waals surface area contributed by atoms with E-state index in [0.29, 0.717) is 6.04 Å². The molecule has 0 aliphatic rings. The number of aromatic nitrogens is 2. The zero-order valence-electron chi connectivity index (χ0n) is 11.8. The van der Waals surface area contributed by atoms with Crippen LogP contribution in [0.15, 0.2) is 41.6 Å². The Kier molecular flexibility index (Phi) is 5.05. The van der Waals surface area contributed by atoms with Crippen LogP contribution in [0.4, 0.5) is 0 Å². The molecule has 0 saturated heterocycles. The number of hydrogen-bond acceptors (Lipinski definition) is 3. The van der Waals surface area contributed by atoms with Gasteiger partial charge in [-0.05, 0) is 26.1 Å². The zero-order valence-corrected chi connectivity index (χ0v) is 12.6. The highest BCUT2D eigenvalue weighted by Gasteiger charge is 2.11. The summed E-state index contributed by atoms with van der Waals surface area (Å²) in [6.45, 7) is 2.13. The summed E-state index contributed by atoms with van der Waals surface area (Å²) < 4.78 is 2.08. The van der Waals surface area contributed by atoms with Crippen LogP contribution in [0.2, 0.25) is 0 Å². The molecule has 2 aromatic rings. The van der Waals surface area contributed by atoms with Crippen molar-refractivity contribution in [2.24, 2.45) is 7.05 Å². The Bertz CT molecular complexity index is 522. The maximum atomic E-state index is 4.39. The second kappa shape index (κ2) is 6.78. The standard InChI is InChI=1S/C15H21N3S/c1-12-5-4-6-14(9-12)19-11-13(16-2)10-15-17-7-8-18(15)3/h4-9,13,16H,10-11H2,1-3H3. The summed E-state index contributed by atoms with van der Waals surface area (Å²) in [7, 11) is 4.06. The van der Waals surface area contributed by atoms with Gasteiger partial charge < -0.3 is 9.88 Å². The highest BCUT2D eigenvalue weighted by atomic mass is 32.2. The Hall–Kier alpha value is -1.26. The van der Waals surface area contributed by atoms with E-state index < -0.39 is 0 Å². The van der Waals surface area contributed by atoms with E-state index in [1.807, 2.05) is 38.3 Å². The molecular weight excluding hydrogens is 254 g/mol. The second-order valence-corrected chi connectivity index (χ2v) is 5.87. The van der Waals surface area contributed by atoms with Gasteiger partial charge in [-0.1, -0.05) is 17.7 Å². The van der Waals surface area contributed by atoms with E-state index in [4.69, 9.17) is 0 Å². The van der Waals surface area contributed by atoms with Crippen LogP contribution in [0.5, 0.6) is 0 Å². The van der Waals surface area contributed by atoms with Gasteiger partial charge in [0.25, 0.3) is 0 Å². The van der Waals surface area contributed by atoms with Gasteiger partial charge in [0.1, 0.15) is 5.82 Å². The molecule has 0 spiro atoms. The topological polar surface area (TPSA) is 29.9 Å². The fourth-order valence-electron chi connectivity index (χ4n) is 1.96. The van der Waals surface area contributed by atoms with Crippen molar-refractivity contribution in [1.29, 1.82) is 0 Å². The maximum absolute atomic E-state index is 4.39. The lowest BCUT2D eigenvalue weighted by molar-refractivity contribution is 0.586. The Morgan fingerprint density at radius 2 is 2.26 bits per heavy atom. The number of benzene rings is 1. The maximum Gasteiger partial charge on any atom is 0.109 e. The third-order valence-corrected chi connectivity index (χ3v) is 4.36. The first-order valence-corrected chi connectivity index (χ1v) is 7.50. The molecule has 0 amide bonds. The third-order valence-electron chi connectivity index (χ3n) is 3.20. The predicted molar refractivity (Wildman–Crippen MR) is 81.7 cm³/mol. The van der Waals surface area contributed by atoms with Crippen LogP contribution in [0, 0.1) is 6.92 Å². The molecule has 1 heterocycles. The number of imidazole rings is 1. The number of rotatable bonds is 6. The zero-order chi connectivity index (χ0) is 13.7. The lowest BCUT2D eigenvalue weighted by atomic mass is 10.2. The van der Waals surface area contributed by atoms with Gasteiger partial charge in [-0.25, -0.2) is 4.98 Å². The summed E-state index contributed by atoms with van der Waals surface area (Å²) >= 11 is 1.90. The molecule has 2 rings (SSSR count). The number of hydrogen-bond donors (Lipinski definition) is 1. The van der Waals surface area contributed by atoms with Crippen molar-refractivity contribution in [3.8, 4) is 0 Å². The van der Waals surface area contributed by atoms with Crippen molar-refractivity contribution in [3.05, 3.63) is 48.0 Å². The Morgan fingerprint density at radius 3 is 2.89 bits per heavy atom. The number of thioether (sulfide) groups is 1. The molecule has 0 fully saturated rings. The van der Waals surface area contributed by atoms with Crippen LogP contribution < -0.4 is 5.32 Å². The SMILES string of the molecule is CNC(CSc1cccc(C)c1)Cc1nccn1C. The Balaban J connectivity index is 1.91. The average molecular weight is 275 g/mol. The fourth-order valence-corrected chi connectivity index (χ4v) is 3.08. The lowest BCUT2D eigenvalue weighted by Gasteiger charge is -2.15. The van der Waals surface area contributed by atoms with Crippen molar-refractivity contribution in [3.63, 3.8) is 0 Å². The second-order valence-electron chi connectivity index (χ2n) is 4.77. The molecule has 1 atom stereocenters. The number of nitrogens with one attached hydrogen (secondary N) is 1. The molecule has 0 bridgehead atoms. The van der Waals surface area contributed by atoms with Crippen LogP contribution in [-0.2, 0) is 13.5 Å². The quantitative estimate of drug-likeness (QED) is 0.822. The first kappa shape index (κ1) is 14.2. The predicted octanol–water partition coefficient (Wildman–Crippen LogP) is 2.65. The van der Waals surface area contributed by atoms with Crippen LogP contribution >= 0.6 is 11.8 Å². The number of likely N-dealkylation sites (N-methyl/N-ethyl adjacent to an activating group) is 1. The van der Waals surface area contributed by atoms with Crippen molar-refractivity contribution in [2.75, 3.05) is 12.8 Å². The molecular formula is C15H21N3S. The highest BCUT2D eigenvalue weighted by Crippen LogP contribution is 2.20. The van der Waals surface area contributed by atoms with Gasteiger partial charge in [-0.3, -0.25) is 0 Å². The average Bonchev–Trinajstić information content (AvgIpc) is 2.80. The molecule has 0 aliphatic heterocycles. The van der Waals surface area contributed by atoms with Crippen molar-refractivity contribution >= 4 is 11.8 Å². The van der Waals surface area contributed by atoms with E-state index in [0.717, 1.165) is 18.0 Å². The molecule has 3 nitrogen and oxygen atoms in total. The van der Waals surface area contributed by atoms with Gasteiger partial charge in [-0.15, -0.1) is 11.8 Å². The van der Waals surface area contributed by atoms with E-state index in [2.05, 4.69) is 46.1 Å². The molecule has 0 saturated carbocycles. The molecule has 1 unspecified atom stereocenters. The minimum Gasteiger partial charge on any atom is -0.338 e. The summed E-state index contributed by atoms with van der Waals surface area (Å²) in [5, 5.41) is 3.38. The summed E-state index contributed by atoms with van der Waals surface area (Å²) in [4.78, 5) is 5.72. The van der Waals surface area contributed by atoms with Gasteiger partial charge in [-0.2, -0.15) is 0 Å². The summed E-state index contributed by atoms with van der Waals surface area (Å²) in [5.74, 6) is 2.18. The third kappa shape index (κ3) is 4.11. The van der Waals surface area contributed by atoms with Crippen LogP contribution in [0.25, 0.3) is 0 Å². The molecule has 1 aromatic carbocycles. The fraction of sp³-hybridized carbons (Fsp3) is 0.400. The Labute approximate surface area is 119 Å². The molecule has 102 valence electrons. The minimum absolute atomic E-state index is 0.437. The first-order chi connectivity index (χ1) is 9.19. The Morgan fingerprint density at radius 1 is 1.42 bits per heavy atom. The lowest BCUT2D eigenvalue weighted by Crippen LogP contribution is -2.31. The molecule has 0 radical (unpaired) electrons. The molecule has 19 heavy (non-hydrogen) atoms. The molecule has 1 N–H and O–H groups in total. The minimum atomic E-state index is 0.437. The van der Waals surface area contributed by atoms with Gasteiger partial charge in [0.2, 0.25) is 0 Å².